The van der Waals surface area contributed by atoms with Crippen molar-refractivity contribution in [2.24, 2.45) is 11.8 Å². The fourth-order valence-corrected chi connectivity index (χ4v) is 4.14. The van der Waals surface area contributed by atoms with Crippen molar-refractivity contribution in [3.8, 4) is 0 Å². The Labute approximate surface area is 149 Å². The van der Waals surface area contributed by atoms with E-state index in [-0.39, 0.29) is 55.6 Å². The van der Waals surface area contributed by atoms with Gasteiger partial charge in [-0.1, -0.05) is 30.7 Å². The van der Waals surface area contributed by atoms with Gasteiger partial charge in [-0.3, -0.25) is 4.79 Å². The number of amides is 1. The van der Waals surface area contributed by atoms with E-state index in [4.69, 9.17) is 18.9 Å². The van der Waals surface area contributed by atoms with E-state index in [0.717, 1.165) is 5.57 Å². The van der Waals surface area contributed by atoms with Crippen molar-refractivity contribution in [1.82, 2.24) is 4.90 Å². The summed E-state index contributed by atoms with van der Waals surface area (Å²) in [4.78, 5) is 15.3. The summed E-state index contributed by atoms with van der Waals surface area (Å²) in [5.41, 5.74) is 2.17. The minimum absolute atomic E-state index is 0.00542. The second kappa shape index (κ2) is 7.58. The molecule has 0 saturated carbocycles. The lowest BCUT2D eigenvalue weighted by Crippen LogP contribution is -2.52. The first-order chi connectivity index (χ1) is 11.9. The van der Waals surface area contributed by atoms with E-state index in [2.05, 4.69) is 12.7 Å². The normalized spacial score (nSPS) is 33.8. The summed E-state index contributed by atoms with van der Waals surface area (Å²) in [6.07, 6.45) is 1.83. The van der Waals surface area contributed by atoms with Crippen LogP contribution >= 0.6 is 0 Å². The van der Waals surface area contributed by atoms with Gasteiger partial charge in [0.2, 0.25) is 5.91 Å². The average Bonchev–Trinajstić information content (AvgIpc) is 2.92. The van der Waals surface area contributed by atoms with Crippen LogP contribution in [0.15, 0.2) is 23.8 Å². The van der Waals surface area contributed by atoms with Gasteiger partial charge in [0.15, 0.2) is 0 Å². The van der Waals surface area contributed by atoms with Crippen LogP contribution in [-0.2, 0) is 23.7 Å². The SMILES string of the molecule is C=C(C)[C@H](C=C(C)C)[C@H](C)C(=O)N1[C@H]2COCO[C@H]2[C@@H]2OCOC[C@@H]21. The molecule has 0 spiro atoms. The molecule has 1 amide bonds. The summed E-state index contributed by atoms with van der Waals surface area (Å²) in [6.45, 7) is 13.6. The van der Waals surface area contributed by atoms with Crippen molar-refractivity contribution in [3.05, 3.63) is 23.8 Å². The average molecular weight is 351 g/mol. The molecular weight excluding hydrogens is 322 g/mol. The molecule has 0 bridgehead atoms. The molecule has 3 aliphatic heterocycles. The summed E-state index contributed by atoms with van der Waals surface area (Å²) in [5.74, 6) is -0.127. The Morgan fingerprint density at radius 1 is 1.08 bits per heavy atom. The highest BCUT2D eigenvalue weighted by atomic mass is 16.7. The van der Waals surface area contributed by atoms with Gasteiger partial charge in [0, 0.05) is 11.8 Å². The van der Waals surface area contributed by atoms with Gasteiger partial charge in [0.1, 0.15) is 25.8 Å². The molecule has 0 aromatic heterocycles. The van der Waals surface area contributed by atoms with E-state index in [1.165, 1.54) is 5.57 Å². The summed E-state index contributed by atoms with van der Waals surface area (Å²) < 4.78 is 22.5. The van der Waals surface area contributed by atoms with Crippen LogP contribution in [-0.4, -0.2) is 61.9 Å². The highest BCUT2D eigenvalue weighted by Gasteiger charge is 2.55. The second-order valence-corrected chi connectivity index (χ2v) is 7.52. The van der Waals surface area contributed by atoms with E-state index >= 15 is 0 Å². The topological polar surface area (TPSA) is 57.2 Å². The van der Waals surface area contributed by atoms with Crippen LogP contribution in [0.3, 0.4) is 0 Å². The lowest BCUT2D eigenvalue weighted by molar-refractivity contribution is -0.208. The van der Waals surface area contributed by atoms with Crippen molar-refractivity contribution < 1.29 is 23.7 Å². The van der Waals surface area contributed by atoms with Gasteiger partial charge in [-0.15, -0.1) is 0 Å². The quantitative estimate of drug-likeness (QED) is 0.726. The molecule has 3 rings (SSSR count). The Morgan fingerprint density at radius 3 is 2.04 bits per heavy atom. The number of rotatable bonds is 4. The zero-order valence-electron chi connectivity index (χ0n) is 15.6. The van der Waals surface area contributed by atoms with Crippen molar-refractivity contribution in [3.63, 3.8) is 0 Å². The molecule has 6 nitrogen and oxygen atoms in total. The van der Waals surface area contributed by atoms with E-state index in [9.17, 15) is 4.79 Å². The largest absolute Gasteiger partial charge is 0.353 e. The van der Waals surface area contributed by atoms with Crippen LogP contribution in [0.1, 0.15) is 27.7 Å². The van der Waals surface area contributed by atoms with Gasteiger partial charge in [-0.05, 0) is 20.8 Å². The van der Waals surface area contributed by atoms with Crippen LogP contribution in [0, 0.1) is 11.8 Å². The zero-order valence-corrected chi connectivity index (χ0v) is 15.6. The molecule has 0 unspecified atom stereocenters. The Morgan fingerprint density at radius 2 is 1.60 bits per heavy atom. The van der Waals surface area contributed by atoms with E-state index in [0.29, 0.717) is 13.2 Å². The number of likely N-dealkylation sites (tertiary alicyclic amines) is 1. The summed E-state index contributed by atoms with van der Waals surface area (Å²) >= 11 is 0. The minimum atomic E-state index is -0.212. The smallest absolute Gasteiger partial charge is 0.227 e. The maximum Gasteiger partial charge on any atom is 0.227 e. The number of ether oxygens (including phenoxy) is 4. The third kappa shape index (κ3) is 3.53. The van der Waals surface area contributed by atoms with Crippen molar-refractivity contribution in [1.29, 1.82) is 0 Å². The number of allylic oxidation sites excluding steroid dienone is 3. The zero-order chi connectivity index (χ0) is 18.1. The number of fused-ring (bicyclic) bond motifs is 3. The molecule has 6 atom stereocenters. The molecule has 0 aromatic carbocycles. The third-order valence-electron chi connectivity index (χ3n) is 5.33. The molecule has 140 valence electrons. The minimum Gasteiger partial charge on any atom is -0.353 e. The van der Waals surface area contributed by atoms with Crippen molar-refractivity contribution >= 4 is 5.91 Å². The number of carbonyl (C=O) groups excluding carboxylic acids is 1. The molecular formula is C19H29NO5. The summed E-state index contributed by atoms with van der Waals surface area (Å²) in [6, 6.07) is -0.254. The first kappa shape index (κ1) is 18.6. The highest BCUT2D eigenvalue weighted by Crippen LogP contribution is 2.37. The molecule has 0 radical (unpaired) electrons. The molecule has 0 N–H and O–H groups in total. The number of nitrogens with zero attached hydrogens (tertiary/aromatic N) is 1. The van der Waals surface area contributed by atoms with Crippen LogP contribution in [0.4, 0.5) is 0 Å². The maximum atomic E-state index is 13.4. The fraction of sp³-hybridized carbons (Fsp3) is 0.737. The Hall–Kier alpha value is -1.21. The van der Waals surface area contributed by atoms with Gasteiger partial charge in [-0.2, -0.15) is 0 Å². The molecule has 25 heavy (non-hydrogen) atoms. The molecule has 0 aliphatic carbocycles. The molecule has 3 saturated heterocycles. The van der Waals surface area contributed by atoms with Crippen LogP contribution in [0.25, 0.3) is 0 Å². The second-order valence-electron chi connectivity index (χ2n) is 7.52. The Kier molecular flexibility index (Phi) is 5.63. The standard InChI is InChI=1S/C19H29NO5/c1-11(2)6-14(12(3)4)13(5)19(21)20-15-7-22-9-24-17(15)18-16(20)8-23-10-25-18/h6,13-18H,3,7-10H2,1-2,4-5H3/t13-,14-,15-,16-,17+,18+/m0/s1. The van der Waals surface area contributed by atoms with Crippen molar-refractivity contribution in [2.45, 2.75) is 52.0 Å². The molecule has 6 heteroatoms. The van der Waals surface area contributed by atoms with E-state index in [1.54, 1.807) is 0 Å². The van der Waals surface area contributed by atoms with E-state index in [1.807, 2.05) is 32.6 Å². The van der Waals surface area contributed by atoms with Gasteiger partial charge < -0.3 is 23.8 Å². The first-order valence-corrected chi connectivity index (χ1v) is 8.93. The molecule has 3 aliphatic rings. The third-order valence-corrected chi connectivity index (χ3v) is 5.33. The predicted molar refractivity (Wildman–Crippen MR) is 92.7 cm³/mol. The van der Waals surface area contributed by atoms with Crippen LogP contribution < -0.4 is 0 Å². The summed E-state index contributed by atoms with van der Waals surface area (Å²) in [5, 5.41) is 0. The van der Waals surface area contributed by atoms with Gasteiger partial charge in [0.05, 0.1) is 25.3 Å². The van der Waals surface area contributed by atoms with Crippen LogP contribution in [0.2, 0.25) is 0 Å². The van der Waals surface area contributed by atoms with Crippen molar-refractivity contribution in [2.75, 3.05) is 26.8 Å². The van der Waals surface area contributed by atoms with Gasteiger partial charge in [0.25, 0.3) is 0 Å². The predicted octanol–water partition coefficient (Wildman–Crippen LogP) is 2.11. The lowest BCUT2D eigenvalue weighted by Gasteiger charge is -2.36. The summed E-state index contributed by atoms with van der Waals surface area (Å²) in [7, 11) is 0. The van der Waals surface area contributed by atoms with Crippen LogP contribution in [0.5, 0.6) is 0 Å². The maximum absolute atomic E-state index is 13.4. The van der Waals surface area contributed by atoms with Gasteiger partial charge in [-0.25, -0.2) is 0 Å². The Bertz CT molecular complexity index is 534. The lowest BCUT2D eigenvalue weighted by atomic mass is 9.85. The monoisotopic (exact) mass is 351 g/mol. The Balaban J connectivity index is 1.86. The van der Waals surface area contributed by atoms with Gasteiger partial charge >= 0.3 is 0 Å². The number of hydrogen-bond donors (Lipinski definition) is 0. The fourth-order valence-electron chi connectivity index (χ4n) is 4.14. The molecule has 3 heterocycles. The molecule has 3 fully saturated rings. The van der Waals surface area contributed by atoms with E-state index < -0.39 is 0 Å². The number of hydrogen-bond acceptors (Lipinski definition) is 5. The molecule has 0 aromatic rings. The highest BCUT2D eigenvalue weighted by molar-refractivity contribution is 5.81. The number of carbonyl (C=O) groups is 1. The first-order valence-electron chi connectivity index (χ1n) is 8.93.